The maximum Gasteiger partial charge on any atom is 0.261 e. The number of aryl methyl sites for hydroxylation is 2. The van der Waals surface area contributed by atoms with Gasteiger partial charge in [-0.2, -0.15) is 5.10 Å². The van der Waals surface area contributed by atoms with E-state index < -0.39 is 0 Å². The summed E-state index contributed by atoms with van der Waals surface area (Å²) in [6, 6.07) is 9.70. The molecule has 0 saturated carbocycles. The van der Waals surface area contributed by atoms with Gasteiger partial charge in [-0.3, -0.25) is 9.59 Å². The third-order valence-corrected chi connectivity index (χ3v) is 6.07. The van der Waals surface area contributed by atoms with Crippen molar-refractivity contribution in [2.75, 3.05) is 5.32 Å². The highest BCUT2D eigenvalue weighted by molar-refractivity contribution is 6.08. The topological polar surface area (TPSA) is 97.6 Å². The molecule has 0 aliphatic carbocycles. The van der Waals surface area contributed by atoms with Crippen molar-refractivity contribution in [1.29, 1.82) is 0 Å². The number of anilines is 1. The summed E-state index contributed by atoms with van der Waals surface area (Å²) in [7, 11) is 0. The largest absolute Gasteiger partial charge is 0.370 e. The lowest BCUT2D eigenvalue weighted by molar-refractivity contribution is -0.123. The van der Waals surface area contributed by atoms with Gasteiger partial charge in [0.25, 0.3) is 5.91 Å². The fourth-order valence-electron chi connectivity index (χ4n) is 4.42. The number of rotatable bonds is 5. The lowest BCUT2D eigenvalue weighted by Crippen LogP contribution is -2.43. The zero-order chi connectivity index (χ0) is 23.7. The summed E-state index contributed by atoms with van der Waals surface area (Å²) >= 11 is 0. The number of hydrogen-bond donors (Lipinski definition) is 2. The minimum atomic E-state index is -0.255. The summed E-state index contributed by atoms with van der Waals surface area (Å²) in [6.07, 6.45) is 3.05. The highest BCUT2D eigenvalue weighted by Crippen LogP contribution is 2.34. The molecule has 0 radical (unpaired) electrons. The Bertz CT molecular complexity index is 1170. The second kappa shape index (κ2) is 9.31. The molecule has 8 nitrogen and oxygen atoms in total. The molecule has 0 spiro atoms. The van der Waals surface area contributed by atoms with E-state index in [2.05, 4.69) is 34.6 Å². The van der Waals surface area contributed by atoms with Gasteiger partial charge in [-0.05, 0) is 56.4 Å². The first-order valence-corrected chi connectivity index (χ1v) is 11.4. The van der Waals surface area contributed by atoms with Crippen LogP contribution in [0, 0.1) is 19.8 Å². The highest BCUT2D eigenvalue weighted by Gasteiger charge is 2.32. The van der Waals surface area contributed by atoms with Crippen molar-refractivity contribution in [3.63, 3.8) is 0 Å². The smallest absolute Gasteiger partial charge is 0.261 e. The van der Waals surface area contributed by atoms with Crippen LogP contribution in [-0.4, -0.2) is 38.6 Å². The van der Waals surface area contributed by atoms with Gasteiger partial charge in [0.15, 0.2) is 5.65 Å². The molecule has 2 N–H and O–H groups in total. The van der Waals surface area contributed by atoms with Gasteiger partial charge in [0.1, 0.15) is 5.56 Å². The Morgan fingerprint density at radius 1 is 1.15 bits per heavy atom. The number of carbonyl (C=O) groups excluding carboxylic acids is 2. The molecule has 4 rings (SSSR count). The number of hydrogen-bond acceptors (Lipinski definition) is 5. The Hall–Kier alpha value is -3.26. The molecular formula is C25H31N5O3. The van der Waals surface area contributed by atoms with Gasteiger partial charge in [0, 0.05) is 30.0 Å². The maximum absolute atomic E-state index is 12.9. The Balaban J connectivity index is 1.49. The van der Waals surface area contributed by atoms with Crippen LogP contribution in [-0.2, 0) is 9.53 Å². The van der Waals surface area contributed by atoms with Gasteiger partial charge in [-0.1, -0.05) is 26.0 Å². The van der Waals surface area contributed by atoms with E-state index in [0.717, 1.165) is 29.8 Å². The average Bonchev–Trinajstić information content (AvgIpc) is 3.18. The molecule has 33 heavy (non-hydrogen) atoms. The van der Waals surface area contributed by atoms with Crippen molar-refractivity contribution in [2.24, 2.45) is 5.92 Å². The second-order valence-corrected chi connectivity index (χ2v) is 9.18. The summed E-state index contributed by atoms with van der Waals surface area (Å²) in [5.74, 6) is 0.0814. The monoisotopic (exact) mass is 449 g/mol. The predicted molar refractivity (Wildman–Crippen MR) is 126 cm³/mol. The highest BCUT2D eigenvalue weighted by atomic mass is 16.5. The number of nitrogens with zero attached hydrogens (tertiary/aromatic N) is 3. The molecule has 3 heterocycles. The van der Waals surface area contributed by atoms with Gasteiger partial charge in [0.2, 0.25) is 5.91 Å². The van der Waals surface area contributed by atoms with E-state index in [0.29, 0.717) is 22.8 Å². The number of nitrogens with one attached hydrogen (secondary N) is 2. The Kier molecular flexibility index (Phi) is 6.47. The molecule has 174 valence electrons. The van der Waals surface area contributed by atoms with Crippen molar-refractivity contribution in [3.8, 4) is 0 Å². The fourth-order valence-corrected chi connectivity index (χ4v) is 4.42. The van der Waals surface area contributed by atoms with E-state index in [1.54, 1.807) is 17.6 Å². The molecule has 0 unspecified atom stereocenters. The van der Waals surface area contributed by atoms with Crippen molar-refractivity contribution < 1.29 is 14.3 Å². The zero-order valence-corrected chi connectivity index (χ0v) is 19.8. The minimum absolute atomic E-state index is 0.0196. The zero-order valence-electron chi connectivity index (χ0n) is 19.8. The van der Waals surface area contributed by atoms with Crippen molar-refractivity contribution >= 4 is 23.1 Å². The van der Waals surface area contributed by atoms with Crippen LogP contribution in [0.5, 0.6) is 0 Å². The normalized spacial score (nSPS) is 20.7. The molecule has 1 aromatic carbocycles. The van der Waals surface area contributed by atoms with Crippen LogP contribution in [0.25, 0.3) is 5.65 Å². The third kappa shape index (κ3) is 5.06. The van der Waals surface area contributed by atoms with E-state index >= 15 is 0 Å². The number of fused-ring (bicyclic) bond motifs is 1. The molecule has 3 atom stereocenters. The summed E-state index contributed by atoms with van der Waals surface area (Å²) in [5.41, 5.74) is 4.44. The van der Waals surface area contributed by atoms with Crippen LogP contribution in [0.15, 0.2) is 36.5 Å². The van der Waals surface area contributed by atoms with Gasteiger partial charge >= 0.3 is 0 Å². The fraction of sp³-hybridized carbons (Fsp3) is 0.440. The van der Waals surface area contributed by atoms with Crippen LogP contribution >= 0.6 is 0 Å². The number of benzene rings is 1. The molecule has 2 amide bonds. The first kappa shape index (κ1) is 22.9. The third-order valence-electron chi connectivity index (χ3n) is 6.07. The first-order valence-electron chi connectivity index (χ1n) is 11.4. The molecule has 3 aromatic rings. The van der Waals surface area contributed by atoms with Gasteiger partial charge in [-0.25, -0.2) is 9.50 Å². The number of aromatic nitrogens is 3. The Labute approximate surface area is 193 Å². The van der Waals surface area contributed by atoms with Crippen LogP contribution in [0.1, 0.15) is 67.0 Å². The van der Waals surface area contributed by atoms with E-state index in [4.69, 9.17) is 4.74 Å². The summed E-state index contributed by atoms with van der Waals surface area (Å²) in [5, 5.41) is 10.3. The van der Waals surface area contributed by atoms with Gasteiger partial charge < -0.3 is 15.4 Å². The van der Waals surface area contributed by atoms with E-state index in [9.17, 15) is 9.59 Å². The molecule has 1 aliphatic rings. The number of carbonyl (C=O) groups is 2. The molecule has 1 fully saturated rings. The van der Waals surface area contributed by atoms with E-state index in [1.807, 2.05) is 44.2 Å². The summed E-state index contributed by atoms with van der Waals surface area (Å²) in [6.45, 7) is 9.65. The average molecular weight is 450 g/mol. The van der Waals surface area contributed by atoms with Crippen LogP contribution in [0.4, 0.5) is 5.69 Å². The quantitative estimate of drug-likeness (QED) is 0.614. The minimum Gasteiger partial charge on any atom is -0.370 e. The van der Waals surface area contributed by atoms with E-state index in [-0.39, 0.29) is 30.1 Å². The van der Waals surface area contributed by atoms with Crippen molar-refractivity contribution in [2.45, 2.75) is 65.7 Å². The first-order chi connectivity index (χ1) is 15.7. The Morgan fingerprint density at radius 3 is 2.55 bits per heavy atom. The van der Waals surface area contributed by atoms with E-state index in [1.165, 1.54) is 0 Å². The lowest BCUT2D eigenvalue weighted by atomic mass is 9.90. The number of ether oxygens (including phenoxy) is 1. The van der Waals surface area contributed by atoms with Crippen LogP contribution in [0.2, 0.25) is 0 Å². The second-order valence-electron chi connectivity index (χ2n) is 9.18. The van der Waals surface area contributed by atoms with Crippen molar-refractivity contribution in [1.82, 2.24) is 19.9 Å². The molecule has 0 bridgehead atoms. The SMILES string of the molecule is CC(=O)N[C@H]1C[C@@H](c2ccc(NC(=O)c3cnn4c(C)cc(C)nc34)cc2)O[C@@H](C(C)C)C1. The molecule has 2 aromatic heterocycles. The predicted octanol–water partition coefficient (Wildman–Crippen LogP) is 3.98. The van der Waals surface area contributed by atoms with Crippen LogP contribution in [0.3, 0.4) is 0 Å². The molecule has 1 aliphatic heterocycles. The van der Waals surface area contributed by atoms with Gasteiger partial charge in [0.05, 0.1) is 18.4 Å². The summed E-state index contributed by atoms with van der Waals surface area (Å²) < 4.78 is 8.01. The molecule has 8 heteroatoms. The maximum atomic E-state index is 12.9. The summed E-state index contributed by atoms with van der Waals surface area (Å²) in [4.78, 5) is 29.0. The van der Waals surface area contributed by atoms with Crippen molar-refractivity contribution in [3.05, 3.63) is 59.0 Å². The Morgan fingerprint density at radius 2 is 1.88 bits per heavy atom. The standard InChI is InChI=1S/C25H31N5O3/c1-14(2)22-11-20(28-17(5)31)12-23(33-22)18-6-8-19(9-7-18)29-25(32)21-13-26-30-16(4)10-15(3)27-24(21)30/h6-10,13-14,20,22-23H,11-12H2,1-5H3,(H,28,31)(H,29,32)/t20-,22-,23+/m1/s1. The molecular weight excluding hydrogens is 418 g/mol. The number of amides is 2. The van der Waals surface area contributed by atoms with Crippen LogP contribution < -0.4 is 10.6 Å². The lowest BCUT2D eigenvalue weighted by Gasteiger charge is -2.37. The van der Waals surface area contributed by atoms with Gasteiger partial charge in [-0.15, -0.1) is 0 Å². The molecule has 1 saturated heterocycles.